The van der Waals surface area contributed by atoms with E-state index in [4.69, 9.17) is 4.74 Å². The Bertz CT molecular complexity index is 530. The molecule has 20 heavy (non-hydrogen) atoms. The first-order valence-corrected chi connectivity index (χ1v) is 6.68. The number of hydrogen-bond donors (Lipinski definition) is 0. The van der Waals surface area contributed by atoms with Crippen molar-refractivity contribution >= 4 is 17.2 Å². The van der Waals surface area contributed by atoms with Gasteiger partial charge in [-0.3, -0.25) is 14.9 Å². The van der Waals surface area contributed by atoms with E-state index in [9.17, 15) is 14.9 Å². The Balaban J connectivity index is 2.35. The molecule has 0 aliphatic carbocycles. The van der Waals surface area contributed by atoms with Crippen molar-refractivity contribution in [1.29, 1.82) is 0 Å². The molecule has 1 aromatic rings. The van der Waals surface area contributed by atoms with Crippen LogP contribution in [0.15, 0.2) is 18.2 Å². The number of nitro groups is 1. The van der Waals surface area contributed by atoms with Crippen molar-refractivity contribution < 1.29 is 14.5 Å². The molecule has 108 valence electrons. The maximum Gasteiger partial charge on any atom is 0.270 e. The highest BCUT2D eigenvalue weighted by molar-refractivity contribution is 6.00. The lowest BCUT2D eigenvalue weighted by molar-refractivity contribution is -0.384. The SMILES string of the molecule is CCC1CN(c2ccc([N+](=O)[O-])cc2C(C)=O)CCO1. The Morgan fingerprint density at radius 2 is 2.30 bits per heavy atom. The van der Waals surface area contributed by atoms with Crippen LogP contribution in [0, 0.1) is 10.1 Å². The molecular weight excluding hydrogens is 260 g/mol. The third kappa shape index (κ3) is 2.96. The molecule has 1 aliphatic rings. The average molecular weight is 278 g/mol. The Kier molecular flexibility index (Phi) is 4.34. The normalized spacial score (nSPS) is 18.9. The van der Waals surface area contributed by atoms with Crippen LogP contribution in [-0.4, -0.2) is 36.5 Å². The molecule has 1 aromatic carbocycles. The smallest absolute Gasteiger partial charge is 0.270 e. The van der Waals surface area contributed by atoms with Gasteiger partial charge in [0.05, 0.1) is 17.6 Å². The molecule has 6 nitrogen and oxygen atoms in total. The van der Waals surface area contributed by atoms with Crippen molar-refractivity contribution in [3.05, 3.63) is 33.9 Å². The molecule has 0 spiro atoms. The molecule has 1 aliphatic heterocycles. The largest absolute Gasteiger partial charge is 0.375 e. The highest BCUT2D eigenvalue weighted by Gasteiger charge is 2.23. The van der Waals surface area contributed by atoms with Gasteiger partial charge in [0.25, 0.3) is 5.69 Å². The molecule has 1 unspecified atom stereocenters. The topological polar surface area (TPSA) is 72.7 Å². The van der Waals surface area contributed by atoms with Gasteiger partial charge in [0.2, 0.25) is 0 Å². The Labute approximate surface area is 117 Å². The lowest BCUT2D eigenvalue weighted by Crippen LogP contribution is -2.42. The van der Waals surface area contributed by atoms with Crippen LogP contribution >= 0.6 is 0 Å². The molecule has 6 heteroatoms. The number of nitrogens with zero attached hydrogens (tertiary/aromatic N) is 2. The van der Waals surface area contributed by atoms with E-state index in [0.717, 1.165) is 12.1 Å². The van der Waals surface area contributed by atoms with Gasteiger partial charge in [0.15, 0.2) is 5.78 Å². The molecule has 0 N–H and O–H groups in total. The summed E-state index contributed by atoms with van der Waals surface area (Å²) in [6, 6.07) is 4.46. The number of ketones is 1. The van der Waals surface area contributed by atoms with Crippen LogP contribution in [0.25, 0.3) is 0 Å². The van der Waals surface area contributed by atoms with Crippen LogP contribution in [0.4, 0.5) is 11.4 Å². The van der Waals surface area contributed by atoms with E-state index in [2.05, 4.69) is 11.8 Å². The number of rotatable bonds is 4. The number of carbonyl (C=O) groups excluding carboxylic acids is 1. The minimum absolute atomic E-state index is 0.0562. The summed E-state index contributed by atoms with van der Waals surface area (Å²) in [6.45, 7) is 5.48. The van der Waals surface area contributed by atoms with E-state index < -0.39 is 4.92 Å². The second kappa shape index (κ2) is 6.00. The van der Waals surface area contributed by atoms with Crippen LogP contribution in [-0.2, 0) is 4.74 Å². The van der Waals surface area contributed by atoms with E-state index >= 15 is 0 Å². The van der Waals surface area contributed by atoms with Gasteiger partial charge in [0, 0.05) is 36.5 Å². The number of anilines is 1. The molecule has 0 amide bonds. The van der Waals surface area contributed by atoms with Gasteiger partial charge in [-0.15, -0.1) is 0 Å². The maximum atomic E-state index is 11.8. The molecular formula is C14H18N2O4. The Morgan fingerprint density at radius 3 is 2.90 bits per heavy atom. The van der Waals surface area contributed by atoms with Crippen molar-refractivity contribution in [1.82, 2.24) is 0 Å². The predicted molar refractivity (Wildman–Crippen MR) is 75.3 cm³/mol. The predicted octanol–water partition coefficient (Wildman–Crippen LogP) is 2.41. The van der Waals surface area contributed by atoms with E-state index in [1.165, 1.54) is 19.1 Å². The number of hydrogen-bond acceptors (Lipinski definition) is 5. The van der Waals surface area contributed by atoms with Crippen LogP contribution < -0.4 is 4.90 Å². The molecule has 0 saturated carbocycles. The molecule has 1 heterocycles. The molecule has 1 atom stereocenters. The minimum atomic E-state index is -0.482. The Morgan fingerprint density at radius 1 is 1.55 bits per heavy atom. The number of non-ortho nitro benzene ring substituents is 1. The summed E-state index contributed by atoms with van der Waals surface area (Å²) < 4.78 is 5.61. The monoisotopic (exact) mass is 278 g/mol. The van der Waals surface area contributed by atoms with E-state index in [-0.39, 0.29) is 17.6 Å². The third-order valence-corrected chi connectivity index (χ3v) is 3.51. The fraction of sp³-hybridized carbons (Fsp3) is 0.500. The number of Topliss-reactive ketones (excluding diaryl/α,β-unsaturated/α-hetero) is 1. The van der Waals surface area contributed by atoms with Crippen molar-refractivity contribution in [2.24, 2.45) is 0 Å². The lowest BCUT2D eigenvalue weighted by Gasteiger charge is -2.35. The number of benzene rings is 1. The number of morpholine rings is 1. The number of nitro benzene ring substituents is 1. The first kappa shape index (κ1) is 14.5. The highest BCUT2D eigenvalue weighted by atomic mass is 16.6. The maximum absolute atomic E-state index is 11.8. The zero-order valence-corrected chi connectivity index (χ0v) is 11.7. The van der Waals surface area contributed by atoms with Crippen molar-refractivity contribution in [3.63, 3.8) is 0 Å². The van der Waals surface area contributed by atoms with Gasteiger partial charge in [0.1, 0.15) is 0 Å². The van der Waals surface area contributed by atoms with Gasteiger partial charge in [-0.25, -0.2) is 0 Å². The van der Waals surface area contributed by atoms with Crippen LogP contribution in [0.5, 0.6) is 0 Å². The summed E-state index contributed by atoms with van der Waals surface area (Å²) in [4.78, 5) is 24.2. The van der Waals surface area contributed by atoms with Gasteiger partial charge in [-0.1, -0.05) is 6.92 Å². The second-order valence-electron chi connectivity index (χ2n) is 4.86. The quantitative estimate of drug-likeness (QED) is 0.480. The van der Waals surface area contributed by atoms with Gasteiger partial charge >= 0.3 is 0 Å². The molecule has 1 saturated heterocycles. The van der Waals surface area contributed by atoms with E-state index in [0.29, 0.717) is 25.3 Å². The lowest BCUT2D eigenvalue weighted by atomic mass is 10.1. The van der Waals surface area contributed by atoms with Crippen molar-refractivity contribution in [2.45, 2.75) is 26.4 Å². The van der Waals surface area contributed by atoms with Crippen LogP contribution in [0.3, 0.4) is 0 Å². The molecule has 2 rings (SSSR count). The molecule has 0 bridgehead atoms. The minimum Gasteiger partial charge on any atom is -0.375 e. The average Bonchev–Trinajstić information content (AvgIpc) is 2.46. The fourth-order valence-electron chi connectivity index (χ4n) is 2.38. The summed E-state index contributed by atoms with van der Waals surface area (Å²) >= 11 is 0. The van der Waals surface area contributed by atoms with Crippen LogP contribution in [0.1, 0.15) is 30.6 Å². The van der Waals surface area contributed by atoms with Gasteiger partial charge in [-0.05, 0) is 19.4 Å². The summed E-state index contributed by atoms with van der Waals surface area (Å²) in [5.41, 5.74) is 1.10. The molecule has 1 fully saturated rings. The third-order valence-electron chi connectivity index (χ3n) is 3.51. The first-order valence-electron chi connectivity index (χ1n) is 6.68. The van der Waals surface area contributed by atoms with Crippen LogP contribution in [0.2, 0.25) is 0 Å². The van der Waals surface area contributed by atoms with Crippen molar-refractivity contribution in [2.75, 3.05) is 24.6 Å². The van der Waals surface area contributed by atoms with Gasteiger partial charge < -0.3 is 9.64 Å². The number of ether oxygens (including phenoxy) is 1. The Hall–Kier alpha value is -1.95. The fourth-order valence-corrected chi connectivity index (χ4v) is 2.38. The first-order chi connectivity index (χ1) is 9.52. The van der Waals surface area contributed by atoms with E-state index in [1.54, 1.807) is 6.07 Å². The van der Waals surface area contributed by atoms with Gasteiger partial charge in [-0.2, -0.15) is 0 Å². The second-order valence-corrected chi connectivity index (χ2v) is 4.86. The summed E-state index contributed by atoms with van der Waals surface area (Å²) in [7, 11) is 0. The molecule has 0 aromatic heterocycles. The zero-order valence-electron chi connectivity index (χ0n) is 11.7. The summed E-state index contributed by atoms with van der Waals surface area (Å²) in [5, 5.41) is 10.8. The summed E-state index contributed by atoms with van der Waals surface area (Å²) in [5.74, 6) is -0.164. The van der Waals surface area contributed by atoms with Crippen molar-refractivity contribution in [3.8, 4) is 0 Å². The molecule has 0 radical (unpaired) electrons. The summed E-state index contributed by atoms with van der Waals surface area (Å²) in [6.07, 6.45) is 1.04. The standard InChI is InChI=1S/C14H18N2O4/c1-3-12-9-15(6-7-20-12)14-5-4-11(16(18)19)8-13(14)10(2)17/h4-5,8,12H,3,6-7,9H2,1-2H3. The highest BCUT2D eigenvalue weighted by Crippen LogP contribution is 2.27. The zero-order chi connectivity index (χ0) is 14.7. The van der Waals surface area contributed by atoms with E-state index in [1.807, 2.05) is 0 Å². The number of carbonyl (C=O) groups is 1.